The van der Waals surface area contributed by atoms with Gasteiger partial charge in [-0.2, -0.15) is 15.8 Å². The lowest BCUT2D eigenvalue weighted by Crippen LogP contribution is -2.65. The van der Waals surface area contributed by atoms with Crippen LogP contribution in [0, 0.1) is 73.4 Å². The Balaban J connectivity index is 2.18. The summed E-state index contributed by atoms with van der Waals surface area (Å²) >= 11 is 0. The normalized spacial score (nSPS) is 37.8. The summed E-state index contributed by atoms with van der Waals surface area (Å²) in [6.07, 6.45) is 4.87. The minimum Gasteiger partial charge on any atom is -0.447 e. The zero-order chi connectivity index (χ0) is 22.4. The van der Waals surface area contributed by atoms with Gasteiger partial charge in [0, 0.05) is 6.42 Å². The van der Waals surface area contributed by atoms with Crippen LogP contribution >= 0.6 is 0 Å². The number of nitrogens with one attached hydrogen (secondary N) is 1. The SMILES string of the molecule is CCCCC(CC)C1OC23CCC(C(C)(C)C)CC2C(C#N)(C(=N)O3)C1(C#N)C#N. The molecule has 6 unspecified atom stereocenters. The van der Waals surface area contributed by atoms with Gasteiger partial charge in [0.05, 0.1) is 30.2 Å². The maximum Gasteiger partial charge on any atom is 0.217 e. The average Bonchev–Trinajstić information content (AvgIpc) is 2.92. The van der Waals surface area contributed by atoms with E-state index in [0.29, 0.717) is 18.8 Å². The molecule has 6 atom stereocenters. The lowest BCUT2D eigenvalue weighted by Gasteiger charge is -2.55. The molecular weight excluding hydrogens is 376 g/mol. The number of hydrogen-bond donors (Lipinski definition) is 1. The van der Waals surface area contributed by atoms with Gasteiger partial charge < -0.3 is 9.47 Å². The topological polar surface area (TPSA) is 114 Å². The van der Waals surface area contributed by atoms with Crippen LogP contribution in [-0.2, 0) is 9.47 Å². The molecule has 2 aliphatic heterocycles. The Hall–Kier alpha value is -2.10. The molecular formula is C24H34N4O2. The molecule has 1 saturated carbocycles. The second kappa shape index (κ2) is 7.55. The van der Waals surface area contributed by atoms with Gasteiger partial charge in [-0.25, -0.2) is 0 Å². The van der Waals surface area contributed by atoms with Crippen molar-refractivity contribution in [2.45, 2.75) is 91.5 Å². The molecule has 3 fully saturated rings. The van der Waals surface area contributed by atoms with E-state index in [1.165, 1.54) is 0 Å². The molecule has 0 aromatic heterocycles. The van der Waals surface area contributed by atoms with E-state index in [1.807, 2.05) is 6.92 Å². The van der Waals surface area contributed by atoms with E-state index in [1.54, 1.807) is 0 Å². The molecule has 3 aliphatic rings. The van der Waals surface area contributed by atoms with Gasteiger partial charge in [0.25, 0.3) is 0 Å². The molecule has 30 heavy (non-hydrogen) atoms. The van der Waals surface area contributed by atoms with Crippen molar-refractivity contribution in [1.29, 1.82) is 21.2 Å². The monoisotopic (exact) mass is 410 g/mol. The van der Waals surface area contributed by atoms with E-state index >= 15 is 0 Å². The van der Waals surface area contributed by atoms with Crippen LogP contribution < -0.4 is 0 Å². The predicted octanol–water partition coefficient (Wildman–Crippen LogP) is 5.31. The lowest BCUT2D eigenvalue weighted by molar-refractivity contribution is -0.308. The number of ether oxygens (including phenoxy) is 2. The van der Waals surface area contributed by atoms with E-state index in [4.69, 9.17) is 14.9 Å². The van der Waals surface area contributed by atoms with Crippen LogP contribution in [0.1, 0.15) is 79.6 Å². The summed E-state index contributed by atoms with van der Waals surface area (Å²) in [5.41, 5.74) is -3.33. The highest BCUT2D eigenvalue weighted by Crippen LogP contribution is 2.68. The number of hydrogen-bond acceptors (Lipinski definition) is 6. The zero-order valence-corrected chi connectivity index (χ0v) is 18.9. The highest BCUT2D eigenvalue weighted by molar-refractivity contribution is 5.89. The standard InChI is InChI=1S/C24H34N4O2/c1-6-8-9-16(7-2)19-22(13-25,14-26)23(15-27)18-12-17(21(3,4)5)10-11-24(18,29-19)30-20(23)28/h16-19,28H,6-12H2,1-5H3. The molecule has 0 amide bonds. The number of rotatable bonds is 5. The predicted molar refractivity (Wildman–Crippen MR) is 112 cm³/mol. The van der Waals surface area contributed by atoms with E-state index in [-0.39, 0.29) is 17.2 Å². The van der Waals surface area contributed by atoms with Crippen molar-refractivity contribution in [2.75, 3.05) is 0 Å². The van der Waals surface area contributed by atoms with Crippen molar-refractivity contribution >= 4 is 5.90 Å². The van der Waals surface area contributed by atoms with E-state index in [9.17, 15) is 15.8 Å². The van der Waals surface area contributed by atoms with E-state index in [0.717, 1.165) is 32.1 Å². The summed E-state index contributed by atoms with van der Waals surface area (Å²) in [4.78, 5) is 0. The fourth-order valence-electron chi connectivity index (χ4n) is 6.14. The maximum absolute atomic E-state index is 10.5. The third kappa shape index (κ3) is 2.79. The van der Waals surface area contributed by atoms with Gasteiger partial charge in [-0.15, -0.1) is 0 Å². The third-order valence-electron chi connectivity index (χ3n) is 8.06. The maximum atomic E-state index is 10.5. The highest BCUT2D eigenvalue weighted by Gasteiger charge is 2.81. The summed E-state index contributed by atoms with van der Waals surface area (Å²) in [6.45, 7) is 10.7. The summed E-state index contributed by atoms with van der Waals surface area (Å²) < 4.78 is 12.7. The van der Waals surface area contributed by atoms with Crippen molar-refractivity contribution < 1.29 is 9.47 Å². The zero-order valence-electron chi connectivity index (χ0n) is 18.9. The number of unbranched alkanes of at least 4 members (excludes halogenated alkanes) is 1. The van der Waals surface area contributed by atoms with Gasteiger partial charge in [0.2, 0.25) is 11.7 Å². The third-order valence-corrected chi connectivity index (χ3v) is 8.06. The Morgan fingerprint density at radius 3 is 2.33 bits per heavy atom. The van der Waals surface area contributed by atoms with Gasteiger partial charge in [-0.1, -0.05) is 53.9 Å². The molecule has 162 valence electrons. The van der Waals surface area contributed by atoms with E-state index < -0.39 is 28.6 Å². The summed E-state index contributed by atoms with van der Waals surface area (Å²) in [7, 11) is 0. The Morgan fingerprint density at radius 2 is 1.83 bits per heavy atom. The molecule has 0 radical (unpaired) electrons. The first-order valence-electron chi connectivity index (χ1n) is 11.3. The Bertz CT molecular complexity index is 812. The van der Waals surface area contributed by atoms with Crippen LogP contribution in [0.4, 0.5) is 0 Å². The molecule has 0 aromatic carbocycles. The van der Waals surface area contributed by atoms with Gasteiger partial charge in [-0.3, -0.25) is 5.41 Å². The molecule has 6 heteroatoms. The fraction of sp³-hybridized carbons (Fsp3) is 0.833. The van der Waals surface area contributed by atoms with Crippen LogP contribution in [0.5, 0.6) is 0 Å². The van der Waals surface area contributed by atoms with Crippen LogP contribution in [0.25, 0.3) is 0 Å². The van der Waals surface area contributed by atoms with E-state index in [2.05, 4.69) is 45.9 Å². The molecule has 1 aliphatic carbocycles. The van der Waals surface area contributed by atoms with Crippen LogP contribution in [0.2, 0.25) is 0 Å². The minimum absolute atomic E-state index is 0.0196. The molecule has 2 bridgehead atoms. The van der Waals surface area contributed by atoms with Crippen molar-refractivity contribution in [1.82, 2.24) is 0 Å². The van der Waals surface area contributed by atoms with Crippen molar-refractivity contribution in [2.24, 2.45) is 34.0 Å². The summed E-state index contributed by atoms with van der Waals surface area (Å²) in [5, 5.41) is 39.9. The molecule has 0 aromatic rings. The quantitative estimate of drug-likeness (QED) is 0.659. The molecule has 2 saturated heterocycles. The molecule has 2 heterocycles. The first-order chi connectivity index (χ1) is 14.1. The summed E-state index contributed by atoms with van der Waals surface area (Å²) in [5.74, 6) is -1.55. The van der Waals surface area contributed by atoms with Crippen molar-refractivity contribution in [3.05, 3.63) is 0 Å². The van der Waals surface area contributed by atoms with Gasteiger partial charge in [0.15, 0.2) is 10.8 Å². The minimum atomic E-state index is -1.75. The fourth-order valence-corrected chi connectivity index (χ4v) is 6.14. The lowest BCUT2D eigenvalue weighted by atomic mass is 9.48. The largest absolute Gasteiger partial charge is 0.447 e. The second-order valence-corrected chi connectivity index (χ2v) is 10.4. The highest BCUT2D eigenvalue weighted by atomic mass is 16.7. The summed E-state index contributed by atoms with van der Waals surface area (Å²) in [6, 6.07) is 6.73. The Morgan fingerprint density at radius 1 is 1.17 bits per heavy atom. The van der Waals surface area contributed by atoms with Gasteiger partial charge >= 0.3 is 0 Å². The van der Waals surface area contributed by atoms with Gasteiger partial charge in [-0.05, 0) is 36.5 Å². The Labute approximate surface area is 180 Å². The van der Waals surface area contributed by atoms with Crippen LogP contribution in [0.3, 0.4) is 0 Å². The molecule has 3 rings (SSSR count). The second-order valence-electron chi connectivity index (χ2n) is 10.4. The average molecular weight is 411 g/mol. The first kappa shape index (κ1) is 22.6. The number of nitrogens with zero attached hydrogens (tertiary/aromatic N) is 3. The van der Waals surface area contributed by atoms with Crippen molar-refractivity contribution in [3.8, 4) is 18.2 Å². The Kier molecular flexibility index (Phi) is 5.68. The molecule has 0 spiro atoms. The van der Waals surface area contributed by atoms with Crippen LogP contribution in [-0.4, -0.2) is 17.8 Å². The molecule has 1 N–H and O–H groups in total. The van der Waals surface area contributed by atoms with Crippen LogP contribution in [0.15, 0.2) is 0 Å². The van der Waals surface area contributed by atoms with Gasteiger partial charge in [0.1, 0.15) is 0 Å². The first-order valence-corrected chi connectivity index (χ1v) is 11.3. The molecule has 6 nitrogen and oxygen atoms in total. The number of nitriles is 3. The van der Waals surface area contributed by atoms with Crippen molar-refractivity contribution in [3.63, 3.8) is 0 Å². The smallest absolute Gasteiger partial charge is 0.217 e.